The van der Waals surface area contributed by atoms with Crippen LogP contribution in [0.15, 0.2) is 40.9 Å². The number of pyridine rings is 1. The zero-order valence-electron chi connectivity index (χ0n) is 10.2. The van der Waals surface area contributed by atoms with Crippen LogP contribution in [0.3, 0.4) is 0 Å². The number of hydrazone groups is 1. The van der Waals surface area contributed by atoms with Crippen LogP contribution in [0.2, 0.25) is 0 Å². The van der Waals surface area contributed by atoms with Crippen molar-refractivity contribution in [1.29, 1.82) is 0 Å². The quantitative estimate of drug-likeness (QED) is 0.573. The van der Waals surface area contributed by atoms with E-state index in [2.05, 4.69) is 20.5 Å². The number of benzene rings is 1. The first-order valence-electron chi connectivity index (χ1n) is 5.77. The molecule has 0 unspecified atom stereocenters. The van der Waals surface area contributed by atoms with Gasteiger partial charge in [0.25, 0.3) is 0 Å². The number of hydrogen-bond acceptors (Lipinski definition) is 6. The van der Waals surface area contributed by atoms with Crippen LogP contribution in [0, 0.1) is 5.82 Å². The number of nitrogens with two attached hydrogens (primary N) is 1. The maximum atomic E-state index is 13.6. The highest BCUT2D eigenvalue weighted by molar-refractivity contribution is 7.14. The van der Waals surface area contributed by atoms with Gasteiger partial charge in [-0.05, 0) is 24.3 Å². The van der Waals surface area contributed by atoms with Crippen LogP contribution in [0.4, 0.5) is 15.3 Å². The van der Waals surface area contributed by atoms with Gasteiger partial charge < -0.3 is 5.73 Å². The highest BCUT2D eigenvalue weighted by Gasteiger charge is 2.04. The Kier molecular flexibility index (Phi) is 3.26. The lowest BCUT2D eigenvalue weighted by molar-refractivity contribution is 0.639. The summed E-state index contributed by atoms with van der Waals surface area (Å²) >= 11 is 1.35. The molecule has 3 aromatic rings. The van der Waals surface area contributed by atoms with E-state index in [0.717, 1.165) is 5.56 Å². The predicted octanol–water partition coefficient (Wildman–Crippen LogP) is 2.86. The molecule has 0 spiro atoms. The molecule has 100 valence electrons. The molecular weight excluding hydrogens is 277 g/mol. The number of nitrogens with one attached hydrogen (secondary N) is 1. The molecule has 0 amide bonds. The molecule has 20 heavy (non-hydrogen) atoms. The smallest absolute Gasteiger partial charge is 0.205 e. The summed E-state index contributed by atoms with van der Waals surface area (Å²) in [4.78, 5) is 8.19. The summed E-state index contributed by atoms with van der Waals surface area (Å²) < 4.78 is 13.6. The molecule has 0 fully saturated rings. The van der Waals surface area contributed by atoms with Crippen molar-refractivity contribution in [2.75, 3.05) is 11.2 Å². The number of hydrogen-bond donors (Lipinski definition) is 2. The highest BCUT2D eigenvalue weighted by atomic mass is 32.1. The minimum absolute atomic E-state index is 0.300. The summed E-state index contributed by atoms with van der Waals surface area (Å²) in [6.07, 6.45) is 3.19. The number of halogens is 1. The molecule has 1 aromatic carbocycles. The highest BCUT2D eigenvalue weighted by Crippen LogP contribution is 2.19. The number of nitrogen functional groups attached to an aromatic ring is 1. The van der Waals surface area contributed by atoms with Crippen molar-refractivity contribution in [1.82, 2.24) is 9.97 Å². The molecule has 0 aliphatic carbocycles. The number of nitrogens with zero attached hydrogens (tertiary/aromatic N) is 3. The Labute approximate surface area is 118 Å². The van der Waals surface area contributed by atoms with Gasteiger partial charge in [0, 0.05) is 22.5 Å². The molecule has 3 rings (SSSR count). The number of fused-ring (bicyclic) bond motifs is 1. The van der Waals surface area contributed by atoms with Crippen LogP contribution in [0.1, 0.15) is 5.56 Å². The van der Waals surface area contributed by atoms with Crippen molar-refractivity contribution in [3.63, 3.8) is 0 Å². The molecule has 3 N–H and O–H groups in total. The summed E-state index contributed by atoms with van der Waals surface area (Å²) in [6.45, 7) is 0. The number of anilines is 2. The third kappa shape index (κ3) is 2.43. The predicted molar refractivity (Wildman–Crippen MR) is 79.4 cm³/mol. The first kappa shape index (κ1) is 12.5. The van der Waals surface area contributed by atoms with Crippen LogP contribution >= 0.6 is 11.3 Å². The van der Waals surface area contributed by atoms with E-state index in [1.807, 2.05) is 0 Å². The van der Waals surface area contributed by atoms with Crippen LogP contribution in [-0.2, 0) is 0 Å². The molecule has 0 atom stereocenters. The lowest BCUT2D eigenvalue weighted by atomic mass is 10.1. The van der Waals surface area contributed by atoms with Crippen molar-refractivity contribution in [2.24, 2.45) is 5.10 Å². The van der Waals surface area contributed by atoms with Crippen LogP contribution in [-0.4, -0.2) is 16.2 Å². The second kappa shape index (κ2) is 5.22. The Bertz CT molecular complexity index is 783. The van der Waals surface area contributed by atoms with Crippen molar-refractivity contribution in [3.05, 3.63) is 47.2 Å². The Balaban J connectivity index is 1.89. The fraction of sp³-hybridized carbons (Fsp3) is 0. The molecule has 5 nitrogen and oxygen atoms in total. The SMILES string of the molecule is Nc1csc(NN=Cc2ccc(F)c3cccnc23)n1. The minimum atomic E-state index is -0.300. The average molecular weight is 287 g/mol. The van der Waals surface area contributed by atoms with Crippen molar-refractivity contribution in [3.8, 4) is 0 Å². The van der Waals surface area contributed by atoms with Crippen LogP contribution in [0.5, 0.6) is 0 Å². The lowest BCUT2D eigenvalue weighted by Gasteiger charge is -2.01. The maximum Gasteiger partial charge on any atom is 0.205 e. The van der Waals surface area contributed by atoms with E-state index < -0.39 is 0 Å². The standard InChI is InChI=1S/C13H10FN5S/c14-10-4-3-8(12-9(10)2-1-5-16-12)6-17-19-13-18-11(15)7-20-13/h1-7H,15H2,(H,18,19). The van der Waals surface area contributed by atoms with Crippen molar-refractivity contribution >= 4 is 39.4 Å². The Morgan fingerprint density at radius 3 is 3.05 bits per heavy atom. The van der Waals surface area contributed by atoms with E-state index in [4.69, 9.17) is 5.73 Å². The molecule has 0 radical (unpaired) electrons. The van der Waals surface area contributed by atoms with Gasteiger partial charge in [-0.2, -0.15) is 5.10 Å². The van der Waals surface area contributed by atoms with Crippen molar-refractivity contribution in [2.45, 2.75) is 0 Å². The van der Waals surface area contributed by atoms with Crippen LogP contribution < -0.4 is 11.2 Å². The topological polar surface area (TPSA) is 76.2 Å². The second-order valence-electron chi connectivity index (χ2n) is 3.98. The first-order chi connectivity index (χ1) is 9.74. The molecule has 0 aliphatic rings. The molecule has 0 saturated heterocycles. The first-order valence-corrected chi connectivity index (χ1v) is 6.65. The molecule has 0 aliphatic heterocycles. The second-order valence-corrected chi connectivity index (χ2v) is 4.84. The van der Waals surface area contributed by atoms with E-state index in [9.17, 15) is 4.39 Å². The number of thiazole rings is 1. The Morgan fingerprint density at radius 1 is 1.35 bits per heavy atom. The van der Waals surface area contributed by atoms with Gasteiger partial charge in [-0.1, -0.05) is 0 Å². The van der Waals surface area contributed by atoms with Gasteiger partial charge in [-0.15, -0.1) is 11.3 Å². The third-order valence-corrected chi connectivity index (χ3v) is 3.40. The summed E-state index contributed by atoms with van der Waals surface area (Å²) in [5.74, 6) is 0.146. The molecule has 0 bridgehead atoms. The normalized spacial score (nSPS) is 11.2. The lowest BCUT2D eigenvalue weighted by Crippen LogP contribution is -1.94. The minimum Gasteiger partial charge on any atom is -0.383 e. The summed E-state index contributed by atoms with van der Waals surface area (Å²) in [7, 11) is 0. The van der Waals surface area contributed by atoms with E-state index >= 15 is 0 Å². The fourth-order valence-electron chi connectivity index (χ4n) is 1.76. The van der Waals surface area contributed by atoms with E-state index in [-0.39, 0.29) is 5.82 Å². The molecular formula is C13H10FN5S. The number of aromatic nitrogens is 2. The summed E-state index contributed by atoms with van der Waals surface area (Å²) in [5.41, 5.74) is 9.56. The van der Waals surface area contributed by atoms with Crippen molar-refractivity contribution < 1.29 is 4.39 Å². The molecule has 2 heterocycles. The Morgan fingerprint density at radius 2 is 2.25 bits per heavy atom. The van der Waals surface area contributed by atoms with E-state index in [1.54, 1.807) is 36.0 Å². The third-order valence-electron chi connectivity index (χ3n) is 2.63. The summed E-state index contributed by atoms with van der Waals surface area (Å²) in [5, 5.41) is 6.84. The number of rotatable bonds is 3. The zero-order valence-corrected chi connectivity index (χ0v) is 11.1. The zero-order chi connectivity index (χ0) is 13.9. The largest absolute Gasteiger partial charge is 0.383 e. The van der Waals surface area contributed by atoms with Gasteiger partial charge in [-0.3, -0.25) is 10.4 Å². The maximum absolute atomic E-state index is 13.6. The monoisotopic (exact) mass is 287 g/mol. The van der Waals surface area contributed by atoms with Gasteiger partial charge in [0.05, 0.1) is 11.7 Å². The molecule has 2 aromatic heterocycles. The summed E-state index contributed by atoms with van der Waals surface area (Å²) in [6, 6.07) is 6.41. The molecule has 0 saturated carbocycles. The van der Waals surface area contributed by atoms with Gasteiger partial charge in [0.1, 0.15) is 11.6 Å². The van der Waals surface area contributed by atoms with Gasteiger partial charge in [0.15, 0.2) is 0 Å². The van der Waals surface area contributed by atoms with E-state index in [0.29, 0.717) is 21.9 Å². The Hall–Kier alpha value is -2.54. The average Bonchev–Trinajstić information content (AvgIpc) is 2.87. The van der Waals surface area contributed by atoms with Gasteiger partial charge in [-0.25, -0.2) is 9.37 Å². The van der Waals surface area contributed by atoms with E-state index in [1.165, 1.54) is 17.4 Å². The van der Waals surface area contributed by atoms with Gasteiger partial charge >= 0.3 is 0 Å². The van der Waals surface area contributed by atoms with Crippen LogP contribution in [0.25, 0.3) is 10.9 Å². The molecule has 7 heteroatoms. The van der Waals surface area contributed by atoms with Gasteiger partial charge in [0.2, 0.25) is 5.13 Å². The fourth-order valence-corrected chi connectivity index (χ4v) is 2.31.